The summed E-state index contributed by atoms with van der Waals surface area (Å²) in [5.41, 5.74) is 3.73. The number of hydrogen-bond acceptors (Lipinski definition) is 0. The quantitative estimate of drug-likeness (QED) is 0.530. The van der Waals surface area contributed by atoms with Gasteiger partial charge in [-0.3, -0.25) is 0 Å². The van der Waals surface area contributed by atoms with Gasteiger partial charge in [-0.05, 0) is 35.2 Å². The molecule has 0 radical (unpaired) electrons. The van der Waals surface area contributed by atoms with Gasteiger partial charge in [0.2, 0.25) is 0 Å². The van der Waals surface area contributed by atoms with Crippen molar-refractivity contribution in [1.82, 2.24) is 0 Å². The minimum Gasteiger partial charge on any atom is -0.204 e. The number of benzene rings is 3. The monoisotopic (exact) mass is 366 g/mol. The number of halogens is 2. The zero-order chi connectivity index (χ0) is 18.7. The minimum atomic E-state index is -2.06. The van der Waals surface area contributed by atoms with Crippen LogP contribution in [0.2, 0.25) is 13.1 Å². The largest absolute Gasteiger partial charge is 0.204 e. The van der Waals surface area contributed by atoms with E-state index in [0.717, 1.165) is 18.0 Å². The van der Waals surface area contributed by atoms with Crippen molar-refractivity contribution >= 4 is 18.4 Å². The van der Waals surface area contributed by atoms with E-state index in [2.05, 4.69) is 68.5 Å². The summed E-state index contributed by atoms with van der Waals surface area (Å²) < 4.78 is 26.9. The van der Waals surface area contributed by atoms with Gasteiger partial charge in [-0.1, -0.05) is 91.4 Å². The van der Waals surface area contributed by atoms with E-state index in [9.17, 15) is 8.78 Å². The second-order valence-corrected chi connectivity index (χ2v) is 11.7. The highest BCUT2D eigenvalue weighted by Crippen LogP contribution is 2.20. The van der Waals surface area contributed by atoms with Crippen molar-refractivity contribution < 1.29 is 8.78 Å². The van der Waals surface area contributed by atoms with E-state index in [1.165, 1.54) is 34.0 Å². The lowest BCUT2D eigenvalue weighted by Crippen LogP contribution is -2.52. The highest BCUT2D eigenvalue weighted by atomic mass is 28.3. The maximum atomic E-state index is 13.6. The first-order valence-electron chi connectivity index (χ1n) is 9.07. The average molecular weight is 367 g/mol. The van der Waals surface area contributed by atoms with Crippen molar-refractivity contribution in [3.63, 3.8) is 0 Å². The third kappa shape index (κ3) is 3.78. The molecule has 3 aromatic carbocycles. The van der Waals surface area contributed by atoms with Crippen LogP contribution >= 0.6 is 0 Å². The van der Waals surface area contributed by atoms with E-state index >= 15 is 0 Å². The molecule has 0 fully saturated rings. The first-order valence-corrected chi connectivity index (χ1v) is 12.1. The molecule has 26 heavy (non-hydrogen) atoms. The summed E-state index contributed by atoms with van der Waals surface area (Å²) in [5, 5.41) is 2.10. The molecule has 0 amide bonds. The molecule has 3 rings (SSSR count). The molecule has 3 aromatic rings. The molecule has 0 unspecified atom stereocenters. The molecular formula is C23H24F2Si. The van der Waals surface area contributed by atoms with Gasteiger partial charge < -0.3 is 0 Å². The second-order valence-electron chi connectivity index (χ2n) is 7.28. The van der Waals surface area contributed by atoms with Crippen LogP contribution in [0.4, 0.5) is 8.78 Å². The fraction of sp³-hybridized carbons (Fsp3) is 0.217. The van der Waals surface area contributed by atoms with E-state index in [4.69, 9.17) is 0 Å². The summed E-state index contributed by atoms with van der Waals surface area (Å²) in [7, 11) is -2.06. The molecule has 0 aliphatic heterocycles. The highest BCUT2D eigenvalue weighted by molar-refractivity contribution is 7.00. The second kappa shape index (κ2) is 7.54. The number of aryl methyl sites for hydroxylation is 1. The Morgan fingerprint density at radius 2 is 1.23 bits per heavy atom. The molecule has 0 nitrogen and oxygen atoms in total. The molecule has 3 heteroatoms. The van der Waals surface area contributed by atoms with Gasteiger partial charge >= 0.3 is 0 Å². The molecule has 0 aliphatic carbocycles. The van der Waals surface area contributed by atoms with Crippen LogP contribution in [-0.2, 0) is 6.42 Å². The molecule has 0 N–H and O–H groups in total. The van der Waals surface area contributed by atoms with Crippen LogP contribution in [0.3, 0.4) is 0 Å². The first kappa shape index (κ1) is 18.5. The predicted octanol–water partition coefficient (Wildman–Crippen LogP) is 5.41. The number of hydrogen-bond donors (Lipinski definition) is 0. The third-order valence-corrected chi connectivity index (χ3v) is 8.60. The smallest absolute Gasteiger partial charge is 0.158 e. The van der Waals surface area contributed by atoms with Crippen molar-refractivity contribution in [3.8, 4) is 11.1 Å². The first-order chi connectivity index (χ1) is 12.4. The van der Waals surface area contributed by atoms with Gasteiger partial charge in [0.15, 0.2) is 11.6 Å². The fourth-order valence-electron chi connectivity index (χ4n) is 3.28. The van der Waals surface area contributed by atoms with Gasteiger partial charge in [0.05, 0.1) is 0 Å². The number of rotatable bonds is 5. The molecule has 0 atom stereocenters. The molecule has 0 saturated carbocycles. The van der Waals surface area contributed by atoms with Crippen LogP contribution < -0.4 is 10.4 Å². The Balaban J connectivity index is 1.87. The Morgan fingerprint density at radius 1 is 0.692 bits per heavy atom. The lowest BCUT2D eigenvalue weighted by molar-refractivity contribution is 0.509. The lowest BCUT2D eigenvalue weighted by Gasteiger charge is -2.24. The van der Waals surface area contributed by atoms with Crippen molar-refractivity contribution in [2.75, 3.05) is 0 Å². The average Bonchev–Trinajstić information content (AvgIpc) is 2.65. The lowest BCUT2D eigenvalue weighted by atomic mass is 10.0. The SMILES string of the molecule is CCCc1ccc(-c2ccc([Si](C)(C)c3ccc(F)c(F)c3)cc2)cc1. The summed E-state index contributed by atoms with van der Waals surface area (Å²) >= 11 is 0. The molecule has 134 valence electrons. The molecule has 0 aliphatic rings. The van der Waals surface area contributed by atoms with Crippen molar-refractivity contribution in [1.29, 1.82) is 0 Å². The van der Waals surface area contributed by atoms with Gasteiger partial charge in [0.25, 0.3) is 0 Å². The van der Waals surface area contributed by atoms with Gasteiger partial charge in [-0.25, -0.2) is 8.78 Å². The van der Waals surface area contributed by atoms with E-state index < -0.39 is 19.7 Å². The molecule has 0 bridgehead atoms. The van der Waals surface area contributed by atoms with E-state index in [0.29, 0.717) is 0 Å². The molecular weight excluding hydrogens is 342 g/mol. The van der Waals surface area contributed by atoms with E-state index in [1.54, 1.807) is 6.07 Å². The maximum Gasteiger partial charge on any atom is 0.158 e. The van der Waals surface area contributed by atoms with Gasteiger partial charge in [0, 0.05) is 0 Å². The molecule has 0 spiro atoms. The van der Waals surface area contributed by atoms with Gasteiger partial charge in [-0.2, -0.15) is 0 Å². The predicted molar refractivity (Wildman–Crippen MR) is 109 cm³/mol. The maximum absolute atomic E-state index is 13.6. The summed E-state index contributed by atoms with van der Waals surface area (Å²) in [6.45, 7) is 6.51. The molecule has 0 saturated heterocycles. The summed E-state index contributed by atoms with van der Waals surface area (Å²) in [4.78, 5) is 0. The van der Waals surface area contributed by atoms with E-state index in [1.807, 2.05) is 0 Å². The third-order valence-electron chi connectivity index (χ3n) is 5.07. The van der Waals surface area contributed by atoms with Gasteiger partial charge in [-0.15, -0.1) is 0 Å². The summed E-state index contributed by atoms with van der Waals surface area (Å²) in [6, 6.07) is 21.5. The van der Waals surface area contributed by atoms with Crippen LogP contribution in [0, 0.1) is 11.6 Å². The Hall–Kier alpha value is -2.26. The normalized spacial score (nSPS) is 11.6. The van der Waals surface area contributed by atoms with Crippen LogP contribution in [0.25, 0.3) is 11.1 Å². The fourth-order valence-corrected chi connectivity index (χ4v) is 5.60. The van der Waals surface area contributed by atoms with Crippen LogP contribution in [0.5, 0.6) is 0 Å². The van der Waals surface area contributed by atoms with Crippen LogP contribution in [-0.4, -0.2) is 8.07 Å². The van der Waals surface area contributed by atoms with Crippen molar-refractivity contribution in [2.45, 2.75) is 32.9 Å². The Bertz CT molecular complexity index is 881. The Labute approximate surface area is 155 Å². The van der Waals surface area contributed by atoms with Crippen LogP contribution in [0.15, 0.2) is 66.7 Å². The van der Waals surface area contributed by atoms with Gasteiger partial charge in [0.1, 0.15) is 8.07 Å². The van der Waals surface area contributed by atoms with Crippen molar-refractivity contribution in [2.24, 2.45) is 0 Å². The van der Waals surface area contributed by atoms with E-state index in [-0.39, 0.29) is 0 Å². The zero-order valence-corrected chi connectivity index (χ0v) is 16.5. The zero-order valence-electron chi connectivity index (χ0n) is 15.5. The Morgan fingerprint density at radius 3 is 1.77 bits per heavy atom. The topological polar surface area (TPSA) is 0 Å². The molecule has 0 aromatic heterocycles. The van der Waals surface area contributed by atoms with Crippen LogP contribution in [0.1, 0.15) is 18.9 Å². The summed E-state index contributed by atoms with van der Waals surface area (Å²) in [6.07, 6.45) is 2.25. The highest BCUT2D eigenvalue weighted by Gasteiger charge is 2.26. The van der Waals surface area contributed by atoms with Crippen molar-refractivity contribution in [3.05, 3.63) is 83.9 Å². The summed E-state index contributed by atoms with van der Waals surface area (Å²) in [5.74, 6) is -1.56. The standard InChI is InChI=1S/C23H24F2Si/c1-4-5-17-6-8-18(9-7-17)19-10-12-20(13-11-19)26(2,3)21-14-15-22(24)23(25)16-21/h6-16H,4-5H2,1-3H3. The molecule has 0 heterocycles. The minimum absolute atomic E-state index is 0.771. The Kier molecular flexibility index (Phi) is 5.38.